The monoisotopic (exact) mass is 285 g/mol. The van der Waals surface area contributed by atoms with Crippen LogP contribution in [0.1, 0.15) is 31.9 Å². The number of amidine groups is 1. The third kappa shape index (κ3) is 3.42. The molecule has 0 aliphatic rings. The first-order valence-corrected chi connectivity index (χ1v) is 6.13. The fourth-order valence-corrected chi connectivity index (χ4v) is 1.91. The average Bonchev–Trinajstić information content (AvgIpc) is 2.38. The topological polar surface area (TPSA) is 39.4 Å². The Balaban J connectivity index is 3.13. The van der Waals surface area contributed by atoms with E-state index in [4.69, 9.17) is 16.9 Å². The summed E-state index contributed by atoms with van der Waals surface area (Å²) in [5, 5.41) is 8.34. The van der Waals surface area contributed by atoms with Gasteiger partial charge in [-0.1, -0.05) is 18.5 Å². The molecule has 0 bridgehead atoms. The Labute approximate surface area is 116 Å². The summed E-state index contributed by atoms with van der Waals surface area (Å²) in [6, 6.07) is 1.56. The lowest BCUT2D eigenvalue weighted by Gasteiger charge is -2.27. The minimum absolute atomic E-state index is 0.170. The average molecular weight is 286 g/mol. The molecule has 1 atom stereocenters. The van der Waals surface area contributed by atoms with Gasteiger partial charge in [0, 0.05) is 19.0 Å². The number of rotatable bonds is 3. The second-order valence-electron chi connectivity index (χ2n) is 4.06. The quantitative estimate of drug-likeness (QED) is 0.366. The van der Waals surface area contributed by atoms with Crippen molar-refractivity contribution in [1.82, 2.24) is 4.90 Å². The summed E-state index contributed by atoms with van der Waals surface area (Å²) in [5.74, 6) is -0.753. The summed E-state index contributed by atoms with van der Waals surface area (Å²) in [6.07, 6.45) is 2.22. The molecule has 1 aromatic rings. The van der Waals surface area contributed by atoms with E-state index in [1.54, 1.807) is 25.1 Å². The van der Waals surface area contributed by atoms with Gasteiger partial charge in [0.25, 0.3) is 0 Å². The first kappa shape index (κ1) is 15.4. The van der Waals surface area contributed by atoms with Gasteiger partial charge in [-0.15, -0.1) is 0 Å². The molecular weight excluding hydrogens is 272 g/mol. The van der Waals surface area contributed by atoms with Crippen molar-refractivity contribution in [2.75, 3.05) is 7.05 Å². The van der Waals surface area contributed by atoms with Crippen LogP contribution in [0.15, 0.2) is 17.1 Å². The highest BCUT2D eigenvalue weighted by atomic mass is 35.5. The molecule has 0 spiro atoms. The van der Waals surface area contributed by atoms with Crippen molar-refractivity contribution in [3.63, 3.8) is 0 Å². The van der Waals surface area contributed by atoms with Crippen molar-refractivity contribution < 1.29 is 8.78 Å². The molecular formula is C13H14ClF2N3. The van der Waals surface area contributed by atoms with Crippen LogP contribution < -0.4 is 0 Å². The second kappa shape index (κ2) is 6.48. The summed E-state index contributed by atoms with van der Waals surface area (Å²) in [5.41, 5.74) is 0.170. The SMILES string of the molecule is CC/C(=N\C#N)N(C)[C@H](C)c1cc(F)c(Cl)cc1F. The van der Waals surface area contributed by atoms with Gasteiger partial charge >= 0.3 is 0 Å². The third-order valence-corrected chi connectivity index (χ3v) is 3.26. The molecule has 6 heteroatoms. The van der Waals surface area contributed by atoms with Crippen molar-refractivity contribution >= 4 is 17.4 Å². The number of nitriles is 1. The largest absolute Gasteiger partial charge is 0.356 e. The van der Waals surface area contributed by atoms with Gasteiger partial charge in [0.2, 0.25) is 6.19 Å². The van der Waals surface area contributed by atoms with Gasteiger partial charge in [0.15, 0.2) is 0 Å². The van der Waals surface area contributed by atoms with E-state index < -0.39 is 17.7 Å². The summed E-state index contributed by atoms with van der Waals surface area (Å²) < 4.78 is 27.2. The predicted octanol–water partition coefficient (Wildman–Crippen LogP) is 3.90. The summed E-state index contributed by atoms with van der Waals surface area (Å²) in [6.45, 7) is 3.53. The van der Waals surface area contributed by atoms with E-state index in [9.17, 15) is 8.78 Å². The lowest BCUT2D eigenvalue weighted by atomic mass is 10.1. The lowest BCUT2D eigenvalue weighted by molar-refractivity contribution is 0.381. The van der Waals surface area contributed by atoms with Crippen LogP contribution in [0.5, 0.6) is 0 Å². The number of hydrogen-bond acceptors (Lipinski definition) is 2. The van der Waals surface area contributed by atoms with E-state index >= 15 is 0 Å². The Morgan fingerprint density at radius 2 is 2.11 bits per heavy atom. The van der Waals surface area contributed by atoms with Crippen LogP contribution in [0.2, 0.25) is 5.02 Å². The summed E-state index contributed by atoms with van der Waals surface area (Å²) in [7, 11) is 1.68. The lowest BCUT2D eigenvalue weighted by Crippen LogP contribution is -2.29. The van der Waals surface area contributed by atoms with E-state index in [0.29, 0.717) is 12.3 Å². The molecule has 3 nitrogen and oxygen atoms in total. The predicted molar refractivity (Wildman–Crippen MR) is 70.9 cm³/mol. The first-order chi connectivity index (χ1) is 8.92. The number of benzene rings is 1. The minimum Gasteiger partial charge on any atom is -0.356 e. The smallest absolute Gasteiger partial charge is 0.207 e. The maximum atomic E-state index is 13.8. The van der Waals surface area contributed by atoms with Crippen LogP contribution >= 0.6 is 11.6 Å². The fourth-order valence-electron chi connectivity index (χ4n) is 1.76. The molecule has 0 radical (unpaired) electrons. The number of aliphatic imine (C=N–C) groups is 1. The molecule has 0 heterocycles. The molecule has 0 saturated carbocycles. The van der Waals surface area contributed by atoms with E-state index in [2.05, 4.69) is 4.99 Å². The highest BCUT2D eigenvalue weighted by Crippen LogP contribution is 2.27. The van der Waals surface area contributed by atoms with E-state index in [1.165, 1.54) is 0 Å². The van der Waals surface area contributed by atoms with Gasteiger partial charge in [-0.05, 0) is 19.1 Å². The van der Waals surface area contributed by atoms with Crippen molar-refractivity contribution in [3.05, 3.63) is 34.4 Å². The van der Waals surface area contributed by atoms with Crippen molar-refractivity contribution in [2.45, 2.75) is 26.3 Å². The van der Waals surface area contributed by atoms with E-state index in [-0.39, 0.29) is 10.6 Å². The molecule has 0 fully saturated rings. The van der Waals surface area contributed by atoms with Gasteiger partial charge < -0.3 is 4.90 Å². The highest BCUT2D eigenvalue weighted by molar-refractivity contribution is 6.30. The summed E-state index contributed by atoms with van der Waals surface area (Å²) >= 11 is 5.51. The Hall–Kier alpha value is -1.67. The van der Waals surface area contributed by atoms with Gasteiger partial charge in [-0.25, -0.2) is 8.78 Å². The van der Waals surface area contributed by atoms with Crippen LogP contribution in [0.3, 0.4) is 0 Å². The third-order valence-electron chi connectivity index (χ3n) is 2.97. The zero-order chi connectivity index (χ0) is 14.6. The Morgan fingerprint density at radius 3 is 2.63 bits per heavy atom. The van der Waals surface area contributed by atoms with Crippen molar-refractivity contribution in [3.8, 4) is 6.19 Å². The second-order valence-corrected chi connectivity index (χ2v) is 4.46. The van der Waals surface area contributed by atoms with Crippen LogP contribution in [-0.4, -0.2) is 17.8 Å². The Kier molecular flexibility index (Phi) is 5.25. The van der Waals surface area contributed by atoms with E-state index in [0.717, 1.165) is 12.1 Å². The molecule has 0 unspecified atom stereocenters. The molecule has 0 aliphatic carbocycles. The Morgan fingerprint density at radius 1 is 1.47 bits per heavy atom. The zero-order valence-electron chi connectivity index (χ0n) is 10.9. The number of nitrogens with zero attached hydrogens (tertiary/aromatic N) is 3. The first-order valence-electron chi connectivity index (χ1n) is 5.75. The van der Waals surface area contributed by atoms with Gasteiger partial charge in [0.05, 0.1) is 11.1 Å². The molecule has 0 amide bonds. The number of hydrogen-bond donors (Lipinski definition) is 0. The van der Waals surface area contributed by atoms with Crippen LogP contribution in [0.25, 0.3) is 0 Å². The van der Waals surface area contributed by atoms with Crippen molar-refractivity contribution in [1.29, 1.82) is 5.26 Å². The maximum absolute atomic E-state index is 13.8. The Bertz CT molecular complexity index is 537. The molecule has 0 aliphatic heterocycles. The van der Waals surface area contributed by atoms with Crippen LogP contribution in [-0.2, 0) is 0 Å². The summed E-state index contributed by atoms with van der Waals surface area (Å²) in [4.78, 5) is 5.30. The highest BCUT2D eigenvalue weighted by Gasteiger charge is 2.20. The molecule has 0 saturated heterocycles. The normalized spacial score (nSPS) is 13.0. The zero-order valence-corrected chi connectivity index (χ0v) is 11.7. The molecule has 1 aromatic carbocycles. The van der Waals surface area contributed by atoms with Gasteiger partial charge in [-0.3, -0.25) is 0 Å². The van der Waals surface area contributed by atoms with Crippen molar-refractivity contribution in [2.24, 2.45) is 4.99 Å². The van der Waals surface area contributed by atoms with E-state index in [1.807, 2.05) is 6.92 Å². The van der Waals surface area contributed by atoms with Crippen LogP contribution in [0.4, 0.5) is 8.78 Å². The molecule has 102 valence electrons. The molecule has 19 heavy (non-hydrogen) atoms. The minimum atomic E-state index is -0.673. The maximum Gasteiger partial charge on any atom is 0.207 e. The van der Waals surface area contributed by atoms with Gasteiger partial charge in [-0.2, -0.15) is 10.3 Å². The number of halogens is 3. The molecule has 0 aromatic heterocycles. The standard InChI is InChI=1S/C13H14ClF2N3/c1-4-13(18-7-17)19(3)8(2)9-5-12(16)10(14)6-11(9)15/h5-6,8H,4H2,1-3H3/b18-13+/t8-/m1/s1. The van der Waals surface area contributed by atoms with Crippen LogP contribution in [0, 0.1) is 23.1 Å². The molecule has 1 rings (SSSR count). The fraction of sp³-hybridized carbons (Fsp3) is 0.385. The molecule has 0 N–H and O–H groups in total. The van der Waals surface area contributed by atoms with Gasteiger partial charge in [0.1, 0.15) is 17.5 Å².